The molecule has 25 heavy (non-hydrogen) atoms. The van der Waals surface area contributed by atoms with E-state index in [1.807, 2.05) is 24.3 Å². The third-order valence-electron chi connectivity index (χ3n) is 4.55. The van der Waals surface area contributed by atoms with Crippen LogP contribution in [0.2, 0.25) is 0 Å². The lowest BCUT2D eigenvalue weighted by Crippen LogP contribution is -2.38. The van der Waals surface area contributed by atoms with Gasteiger partial charge in [0.25, 0.3) is 0 Å². The van der Waals surface area contributed by atoms with Crippen LogP contribution in [0.25, 0.3) is 16.5 Å². The smallest absolute Gasteiger partial charge is 0.154 e. The number of sulfone groups is 1. The van der Waals surface area contributed by atoms with Gasteiger partial charge in [0.2, 0.25) is 0 Å². The van der Waals surface area contributed by atoms with Crippen LogP contribution >= 0.6 is 0 Å². The van der Waals surface area contributed by atoms with Gasteiger partial charge in [-0.15, -0.1) is 0 Å². The van der Waals surface area contributed by atoms with E-state index in [1.54, 1.807) is 26.1 Å². The van der Waals surface area contributed by atoms with Crippen molar-refractivity contribution in [2.45, 2.75) is 18.6 Å². The number of allylic oxidation sites excluding steroid dienone is 1. The van der Waals surface area contributed by atoms with Crippen molar-refractivity contribution < 1.29 is 8.42 Å². The number of benzene rings is 1. The number of hydrogen-bond acceptors (Lipinski definition) is 6. The van der Waals surface area contributed by atoms with E-state index in [0.717, 1.165) is 27.7 Å². The minimum Gasteiger partial charge on any atom is -0.384 e. The van der Waals surface area contributed by atoms with Crippen LogP contribution in [0.5, 0.6) is 0 Å². The summed E-state index contributed by atoms with van der Waals surface area (Å²) >= 11 is 0. The van der Waals surface area contributed by atoms with E-state index in [9.17, 15) is 8.42 Å². The predicted octanol–water partition coefficient (Wildman–Crippen LogP) is 2.52. The first-order chi connectivity index (χ1) is 11.7. The lowest BCUT2D eigenvalue weighted by atomic mass is 10.0. The molecule has 1 aromatic heterocycles. The van der Waals surface area contributed by atoms with E-state index in [4.69, 9.17) is 5.73 Å². The minimum absolute atomic E-state index is 0.283. The van der Waals surface area contributed by atoms with Crippen LogP contribution in [0.3, 0.4) is 0 Å². The number of fused-ring (bicyclic) bond motifs is 1. The number of pyridine rings is 1. The fourth-order valence-electron chi connectivity index (χ4n) is 2.57. The molecule has 7 heteroatoms. The van der Waals surface area contributed by atoms with E-state index in [1.165, 1.54) is 6.26 Å². The molecule has 2 heterocycles. The van der Waals surface area contributed by atoms with Crippen molar-refractivity contribution in [2.24, 2.45) is 4.99 Å². The molecular weight excluding hydrogens is 336 g/mol. The Morgan fingerprint density at radius 2 is 2.04 bits per heavy atom. The van der Waals surface area contributed by atoms with Gasteiger partial charge < -0.3 is 11.1 Å². The van der Waals surface area contributed by atoms with Crippen molar-refractivity contribution in [3.8, 4) is 0 Å². The van der Waals surface area contributed by atoms with Gasteiger partial charge in [-0.05, 0) is 37.1 Å². The molecule has 0 aliphatic carbocycles. The highest BCUT2D eigenvalue weighted by Crippen LogP contribution is 2.29. The van der Waals surface area contributed by atoms with Gasteiger partial charge in [-0.25, -0.2) is 13.4 Å². The van der Waals surface area contributed by atoms with E-state index < -0.39 is 14.6 Å². The average Bonchev–Trinajstić information content (AvgIpc) is 3.05. The van der Waals surface area contributed by atoms with Crippen molar-refractivity contribution in [3.63, 3.8) is 0 Å². The molecule has 3 N–H and O–H groups in total. The second-order valence-corrected chi connectivity index (χ2v) is 9.54. The van der Waals surface area contributed by atoms with Crippen LogP contribution < -0.4 is 11.1 Å². The van der Waals surface area contributed by atoms with Gasteiger partial charge >= 0.3 is 0 Å². The Bertz CT molecular complexity index is 992. The second kappa shape index (κ2) is 6.15. The summed E-state index contributed by atoms with van der Waals surface area (Å²) in [7, 11) is -3.18. The van der Waals surface area contributed by atoms with E-state index >= 15 is 0 Å². The quantitative estimate of drug-likeness (QED) is 0.856. The number of nitrogens with two attached hydrogens (primary N) is 1. The molecule has 0 spiro atoms. The summed E-state index contributed by atoms with van der Waals surface area (Å²) in [4.78, 5) is 8.62. The third-order valence-corrected chi connectivity index (χ3v) is 6.70. The van der Waals surface area contributed by atoms with Crippen LogP contribution in [-0.4, -0.2) is 43.7 Å². The van der Waals surface area contributed by atoms with E-state index in [-0.39, 0.29) is 6.54 Å². The summed E-state index contributed by atoms with van der Waals surface area (Å²) in [5.41, 5.74) is 9.69. The zero-order chi connectivity index (χ0) is 18.2. The lowest BCUT2D eigenvalue weighted by Gasteiger charge is -2.24. The third kappa shape index (κ3) is 3.51. The molecule has 0 saturated heterocycles. The van der Waals surface area contributed by atoms with E-state index in [2.05, 4.69) is 15.3 Å². The number of rotatable bonds is 5. The highest BCUT2D eigenvalue weighted by Gasteiger charge is 2.30. The molecule has 0 atom stereocenters. The highest BCUT2D eigenvalue weighted by atomic mass is 32.2. The SMILES string of the molecule is CC(C)(CNc1cc(N)nc2cc(C3=CC=NC3)ccc12)S(C)(=O)=O. The zero-order valence-corrected chi connectivity index (χ0v) is 15.4. The zero-order valence-electron chi connectivity index (χ0n) is 14.6. The topological polar surface area (TPSA) is 97.4 Å². The lowest BCUT2D eigenvalue weighted by molar-refractivity contribution is 0.560. The Balaban J connectivity index is 1.96. The van der Waals surface area contributed by atoms with Gasteiger partial charge in [0, 0.05) is 36.2 Å². The van der Waals surface area contributed by atoms with E-state index in [0.29, 0.717) is 12.4 Å². The van der Waals surface area contributed by atoms with Crippen LogP contribution in [0.15, 0.2) is 35.3 Å². The molecule has 6 nitrogen and oxygen atoms in total. The Labute approximate surface area is 147 Å². The summed E-state index contributed by atoms with van der Waals surface area (Å²) in [5.74, 6) is 0.390. The van der Waals surface area contributed by atoms with Crippen molar-refractivity contribution in [3.05, 3.63) is 35.9 Å². The van der Waals surface area contributed by atoms with Crippen molar-refractivity contribution in [1.82, 2.24) is 4.98 Å². The number of nitrogens with zero attached hydrogens (tertiary/aromatic N) is 2. The molecule has 0 saturated carbocycles. The molecular formula is C18H22N4O2S. The highest BCUT2D eigenvalue weighted by molar-refractivity contribution is 7.92. The maximum absolute atomic E-state index is 11.9. The standard InChI is InChI=1S/C18H22N4O2S/c1-18(2,25(3,23)24)11-21-15-9-17(19)22-16-8-12(4-5-14(15)16)13-6-7-20-10-13/h4-9H,10-11H2,1-3H3,(H3,19,21,22). The molecule has 1 aromatic carbocycles. The number of nitrogens with one attached hydrogen (secondary N) is 1. The number of aromatic nitrogens is 1. The average molecular weight is 358 g/mol. The Morgan fingerprint density at radius 3 is 2.68 bits per heavy atom. The Hall–Kier alpha value is -2.41. The summed E-state index contributed by atoms with van der Waals surface area (Å²) in [6.45, 7) is 4.35. The monoisotopic (exact) mass is 358 g/mol. The number of nitrogen functional groups attached to an aromatic ring is 1. The molecule has 3 rings (SSSR count). The Kier molecular flexibility index (Phi) is 4.28. The summed E-state index contributed by atoms with van der Waals surface area (Å²) in [6, 6.07) is 7.72. The van der Waals surface area contributed by atoms with Gasteiger partial charge in [0.1, 0.15) is 5.82 Å². The molecule has 0 radical (unpaired) electrons. The first-order valence-corrected chi connectivity index (χ1v) is 9.90. The van der Waals surface area contributed by atoms with Crippen LogP contribution in [0.4, 0.5) is 11.5 Å². The van der Waals surface area contributed by atoms with Gasteiger partial charge in [0.15, 0.2) is 9.84 Å². The fourth-order valence-corrected chi connectivity index (χ4v) is 2.90. The van der Waals surface area contributed by atoms with Crippen LogP contribution in [-0.2, 0) is 9.84 Å². The first kappa shape index (κ1) is 17.4. The van der Waals surface area contributed by atoms with Gasteiger partial charge in [-0.3, -0.25) is 4.99 Å². The first-order valence-electron chi connectivity index (χ1n) is 8.00. The van der Waals surface area contributed by atoms with Crippen molar-refractivity contribution in [2.75, 3.05) is 30.4 Å². The second-order valence-electron chi connectivity index (χ2n) is 6.89. The molecule has 0 unspecified atom stereocenters. The molecule has 0 amide bonds. The molecule has 1 aliphatic rings. The molecule has 2 aromatic rings. The maximum Gasteiger partial charge on any atom is 0.154 e. The van der Waals surface area contributed by atoms with Crippen LogP contribution in [0.1, 0.15) is 19.4 Å². The molecule has 132 valence electrons. The molecule has 1 aliphatic heterocycles. The van der Waals surface area contributed by atoms with Gasteiger partial charge in [-0.2, -0.15) is 0 Å². The fraction of sp³-hybridized carbons (Fsp3) is 0.333. The summed E-state index contributed by atoms with van der Waals surface area (Å²) in [5, 5.41) is 4.13. The molecule has 0 bridgehead atoms. The summed E-state index contributed by atoms with van der Waals surface area (Å²) in [6.07, 6.45) is 5.03. The normalized spacial score (nSPS) is 14.8. The van der Waals surface area contributed by atoms with Crippen molar-refractivity contribution in [1.29, 1.82) is 0 Å². The van der Waals surface area contributed by atoms with Gasteiger partial charge in [-0.1, -0.05) is 12.1 Å². The Morgan fingerprint density at radius 1 is 1.28 bits per heavy atom. The number of anilines is 2. The maximum atomic E-state index is 11.9. The molecule has 0 fully saturated rings. The van der Waals surface area contributed by atoms with Crippen molar-refractivity contribution >= 4 is 44.0 Å². The minimum atomic E-state index is -3.18. The number of hydrogen-bond donors (Lipinski definition) is 2. The number of aliphatic imine (C=N–C) groups is 1. The summed E-state index contributed by atoms with van der Waals surface area (Å²) < 4.78 is 22.9. The predicted molar refractivity (Wildman–Crippen MR) is 105 cm³/mol. The van der Waals surface area contributed by atoms with Gasteiger partial charge in [0.05, 0.1) is 16.8 Å². The van der Waals surface area contributed by atoms with Crippen LogP contribution in [0, 0.1) is 0 Å². The largest absolute Gasteiger partial charge is 0.384 e.